The Bertz CT molecular complexity index is 488. The van der Waals surface area contributed by atoms with Crippen molar-refractivity contribution < 1.29 is 9.53 Å². The van der Waals surface area contributed by atoms with E-state index in [1.165, 1.54) is 0 Å². The molecule has 0 saturated carbocycles. The molecule has 2 atom stereocenters. The fourth-order valence-corrected chi connectivity index (χ4v) is 1.49. The Labute approximate surface area is 99.7 Å². The summed E-state index contributed by atoms with van der Waals surface area (Å²) < 4.78 is 5.43. The van der Waals surface area contributed by atoms with Gasteiger partial charge in [0.15, 0.2) is 0 Å². The van der Waals surface area contributed by atoms with Gasteiger partial charge in [0.1, 0.15) is 6.04 Å². The van der Waals surface area contributed by atoms with Crippen LogP contribution in [0.2, 0.25) is 0 Å². The predicted octanol–water partition coefficient (Wildman–Crippen LogP) is 1.25. The Balaban J connectivity index is 2.17. The van der Waals surface area contributed by atoms with E-state index in [2.05, 4.69) is 16.2 Å². The Kier molecular flexibility index (Phi) is 3.10. The second-order valence-electron chi connectivity index (χ2n) is 3.67. The van der Waals surface area contributed by atoms with Gasteiger partial charge in [0.05, 0.1) is 0 Å². The summed E-state index contributed by atoms with van der Waals surface area (Å²) in [5, 5.41) is 2.56. The Morgan fingerprint density at radius 1 is 1.47 bits per heavy atom. The van der Waals surface area contributed by atoms with Crippen LogP contribution in [0.1, 0.15) is 18.6 Å². The van der Waals surface area contributed by atoms with Crippen LogP contribution in [0.3, 0.4) is 0 Å². The van der Waals surface area contributed by atoms with Crippen molar-refractivity contribution in [2.45, 2.75) is 19.1 Å². The highest BCUT2D eigenvalue weighted by molar-refractivity contribution is 6.02. The molecule has 1 aliphatic heterocycles. The molecule has 1 aromatic carbocycles. The van der Waals surface area contributed by atoms with E-state index in [0.29, 0.717) is 0 Å². The van der Waals surface area contributed by atoms with E-state index >= 15 is 0 Å². The molecule has 1 saturated heterocycles. The summed E-state index contributed by atoms with van der Waals surface area (Å²) in [5.74, 6) is 2.22. The summed E-state index contributed by atoms with van der Waals surface area (Å²) in [6.45, 7) is 1.75. The van der Waals surface area contributed by atoms with Crippen LogP contribution in [0.4, 0.5) is 0 Å². The molecule has 4 nitrogen and oxygen atoms in total. The highest BCUT2D eigenvalue weighted by atomic mass is 16.5. The number of amides is 1. The number of ether oxygens (including phenoxy) is 1. The molecular formula is C13H12N2O2. The Hall–Kier alpha value is -2.28. The number of hydrogen-bond donors (Lipinski definition) is 1. The number of amidine groups is 1. The molecule has 2 unspecified atom stereocenters. The summed E-state index contributed by atoms with van der Waals surface area (Å²) in [6.07, 6.45) is 4.57. The first-order valence-electron chi connectivity index (χ1n) is 5.27. The topological polar surface area (TPSA) is 50.7 Å². The van der Waals surface area contributed by atoms with Gasteiger partial charge in [0, 0.05) is 5.56 Å². The van der Waals surface area contributed by atoms with Gasteiger partial charge in [0.25, 0.3) is 11.9 Å². The smallest absolute Gasteiger partial charge is 0.293 e. The first-order chi connectivity index (χ1) is 8.20. The second-order valence-corrected chi connectivity index (χ2v) is 3.67. The zero-order valence-corrected chi connectivity index (χ0v) is 9.38. The summed E-state index contributed by atoms with van der Waals surface area (Å²) in [6, 6.07) is 9.12. The Morgan fingerprint density at radius 2 is 2.18 bits per heavy atom. The van der Waals surface area contributed by atoms with Gasteiger partial charge in [-0.15, -0.1) is 6.42 Å². The molecule has 1 amide bonds. The number of rotatable bonds is 2. The lowest BCUT2D eigenvalue weighted by molar-refractivity contribution is -0.123. The normalized spacial score (nSPS) is 22.7. The summed E-state index contributed by atoms with van der Waals surface area (Å²) in [4.78, 5) is 15.7. The number of carbonyl (C=O) groups is 1. The highest BCUT2D eigenvalue weighted by Gasteiger charge is 2.32. The van der Waals surface area contributed by atoms with Gasteiger partial charge in [-0.1, -0.05) is 36.3 Å². The molecule has 0 aromatic heterocycles. The van der Waals surface area contributed by atoms with Crippen molar-refractivity contribution in [3.05, 3.63) is 35.9 Å². The molecule has 0 radical (unpaired) electrons. The summed E-state index contributed by atoms with van der Waals surface area (Å²) in [7, 11) is 0. The Morgan fingerprint density at radius 3 is 2.82 bits per heavy atom. The number of benzene rings is 1. The number of nitrogens with zero attached hydrogens (tertiary/aromatic N) is 1. The average molecular weight is 228 g/mol. The molecule has 4 heteroatoms. The van der Waals surface area contributed by atoms with Gasteiger partial charge in [-0.05, 0) is 6.92 Å². The minimum Gasteiger partial charge on any atom is -0.447 e. The highest BCUT2D eigenvalue weighted by Crippen LogP contribution is 2.21. The van der Waals surface area contributed by atoms with E-state index in [-0.39, 0.29) is 18.0 Å². The van der Waals surface area contributed by atoms with Crippen molar-refractivity contribution in [3.8, 4) is 12.3 Å². The maximum Gasteiger partial charge on any atom is 0.293 e. The second kappa shape index (κ2) is 4.71. The zero-order chi connectivity index (χ0) is 12.3. The van der Waals surface area contributed by atoms with Gasteiger partial charge in [-0.25, -0.2) is 4.99 Å². The van der Waals surface area contributed by atoms with Crippen molar-refractivity contribution >= 4 is 11.9 Å². The third-order valence-corrected chi connectivity index (χ3v) is 2.35. The van der Waals surface area contributed by atoms with Crippen molar-refractivity contribution in [3.63, 3.8) is 0 Å². The number of nitrogens with one attached hydrogen (secondary N) is 1. The third-order valence-electron chi connectivity index (χ3n) is 2.35. The van der Waals surface area contributed by atoms with E-state index in [9.17, 15) is 4.79 Å². The van der Waals surface area contributed by atoms with Crippen LogP contribution in [-0.2, 0) is 9.53 Å². The van der Waals surface area contributed by atoms with Gasteiger partial charge < -0.3 is 4.74 Å². The maximum atomic E-state index is 11.7. The predicted molar refractivity (Wildman–Crippen MR) is 64.1 cm³/mol. The quantitative estimate of drug-likeness (QED) is 0.774. The molecule has 0 aliphatic carbocycles. The fourth-order valence-electron chi connectivity index (χ4n) is 1.49. The molecule has 1 heterocycles. The minimum absolute atomic E-state index is 0.189. The first kappa shape index (κ1) is 11.2. The van der Waals surface area contributed by atoms with Crippen LogP contribution < -0.4 is 5.32 Å². The lowest BCUT2D eigenvalue weighted by atomic mass is 10.1. The lowest BCUT2D eigenvalue weighted by Crippen LogP contribution is -2.23. The van der Waals surface area contributed by atoms with E-state index in [4.69, 9.17) is 11.2 Å². The van der Waals surface area contributed by atoms with E-state index in [1.54, 1.807) is 6.92 Å². The van der Waals surface area contributed by atoms with Gasteiger partial charge >= 0.3 is 0 Å². The molecule has 1 aliphatic rings. The zero-order valence-electron chi connectivity index (χ0n) is 9.38. The summed E-state index contributed by atoms with van der Waals surface area (Å²) in [5.41, 5.74) is 0.795. The standard InChI is InChI=1S/C13H12N2O2/c1-3-9(2)14-13-15-12(16)11(17-13)10-7-5-4-6-8-10/h1,4-9,11H,2H3,(H,14,15,16). The van der Waals surface area contributed by atoms with Crippen molar-refractivity contribution in [1.82, 2.24) is 5.32 Å². The fraction of sp³-hybridized carbons (Fsp3) is 0.231. The molecule has 86 valence electrons. The van der Waals surface area contributed by atoms with Gasteiger partial charge in [-0.2, -0.15) is 0 Å². The molecular weight excluding hydrogens is 216 g/mol. The molecule has 0 spiro atoms. The van der Waals surface area contributed by atoms with Crippen molar-refractivity contribution in [2.75, 3.05) is 0 Å². The lowest BCUT2D eigenvalue weighted by Gasteiger charge is -2.06. The van der Waals surface area contributed by atoms with Crippen molar-refractivity contribution in [2.24, 2.45) is 4.99 Å². The van der Waals surface area contributed by atoms with Crippen molar-refractivity contribution in [1.29, 1.82) is 0 Å². The number of aliphatic imine (C=N–C) groups is 1. The average Bonchev–Trinajstić information content (AvgIpc) is 2.71. The molecule has 1 N–H and O–H groups in total. The van der Waals surface area contributed by atoms with E-state index < -0.39 is 6.10 Å². The minimum atomic E-state index is -0.639. The van der Waals surface area contributed by atoms with E-state index in [1.807, 2.05) is 30.3 Å². The third kappa shape index (κ3) is 2.45. The van der Waals surface area contributed by atoms with Crippen LogP contribution in [-0.4, -0.2) is 18.0 Å². The van der Waals surface area contributed by atoms with Crippen LogP contribution in [0.15, 0.2) is 35.3 Å². The molecule has 1 fully saturated rings. The SMILES string of the molecule is C#CC(C)N=C1NC(=O)C(c2ccccc2)O1. The molecule has 17 heavy (non-hydrogen) atoms. The van der Waals surface area contributed by atoms with Gasteiger partial charge in [-0.3, -0.25) is 10.1 Å². The van der Waals surface area contributed by atoms with Crippen LogP contribution in [0, 0.1) is 12.3 Å². The van der Waals surface area contributed by atoms with Crippen LogP contribution in [0.5, 0.6) is 0 Å². The van der Waals surface area contributed by atoms with Crippen LogP contribution >= 0.6 is 0 Å². The maximum absolute atomic E-state index is 11.7. The number of terminal acetylenes is 1. The van der Waals surface area contributed by atoms with Gasteiger partial charge in [0.2, 0.25) is 6.10 Å². The monoisotopic (exact) mass is 228 g/mol. The van der Waals surface area contributed by atoms with Crippen LogP contribution in [0.25, 0.3) is 0 Å². The number of carbonyl (C=O) groups excluding carboxylic acids is 1. The molecule has 1 aromatic rings. The molecule has 2 rings (SSSR count). The largest absolute Gasteiger partial charge is 0.447 e. The first-order valence-corrected chi connectivity index (χ1v) is 5.27. The number of hydrogen-bond acceptors (Lipinski definition) is 3. The summed E-state index contributed by atoms with van der Waals surface area (Å²) >= 11 is 0. The molecule has 0 bridgehead atoms. The van der Waals surface area contributed by atoms with E-state index in [0.717, 1.165) is 5.56 Å².